The van der Waals surface area contributed by atoms with Crippen LogP contribution in [0, 0.1) is 5.82 Å². The molecule has 0 saturated carbocycles. The topological polar surface area (TPSA) is 66.4 Å². The van der Waals surface area contributed by atoms with Crippen molar-refractivity contribution in [2.45, 2.75) is 62.1 Å². The van der Waals surface area contributed by atoms with Gasteiger partial charge < -0.3 is 15.0 Å². The number of rotatable bonds is 7. The maximum atomic E-state index is 16.4. The van der Waals surface area contributed by atoms with Gasteiger partial charge in [0.25, 0.3) is 5.92 Å². The number of nitrogens with zero attached hydrogens (tertiary/aromatic N) is 5. The van der Waals surface area contributed by atoms with Crippen LogP contribution in [-0.2, 0) is 5.92 Å². The minimum atomic E-state index is -3.18. The summed E-state index contributed by atoms with van der Waals surface area (Å²) in [6, 6.07) is 14.2. The summed E-state index contributed by atoms with van der Waals surface area (Å²) in [5.74, 6) is -3.16. The molecule has 7 nitrogen and oxygen atoms in total. The smallest absolute Gasteiger partial charge is 0.319 e. The van der Waals surface area contributed by atoms with Crippen LogP contribution in [0.3, 0.4) is 0 Å². The largest absolute Gasteiger partial charge is 0.461 e. The van der Waals surface area contributed by atoms with Gasteiger partial charge in [0.05, 0.1) is 10.9 Å². The van der Waals surface area contributed by atoms with Crippen molar-refractivity contribution in [3.8, 4) is 17.3 Å². The van der Waals surface area contributed by atoms with Gasteiger partial charge >= 0.3 is 6.01 Å². The number of alkyl halides is 2. The van der Waals surface area contributed by atoms with E-state index in [1.807, 2.05) is 0 Å². The third-order valence-corrected chi connectivity index (χ3v) is 10.1. The number of nitrogens with one attached hydrogen (secondary N) is 1. The highest BCUT2D eigenvalue weighted by atomic mass is 19.3. The molecule has 4 aliphatic heterocycles. The summed E-state index contributed by atoms with van der Waals surface area (Å²) in [7, 11) is 0. The van der Waals surface area contributed by atoms with Gasteiger partial charge in [-0.1, -0.05) is 54.6 Å². The molecule has 10 heteroatoms. The van der Waals surface area contributed by atoms with E-state index in [0.717, 1.165) is 64.7 Å². The first-order valence-corrected chi connectivity index (χ1v) is 15.7. The number of benzene rings is 2. The molecular weight excluding hydrogens is 565 g/mol. The van der Waals surface area contributed by atoms with Gasteiger partial charge in [0.15, 0.2) is 5.82 Å². The highest BCUT2D eigenvalue weighted by Gasteiger charge is 2.45. The number of halogens is 3. The molecule has 2 unspecified atom stereocenters. The van der Waals surface area contributed by atoms with Crippen LogP contribution in [0.1, 0.15) is 49.7 Å². The van der Waals surface area contributed by atoms with Crippen LogP contribution in [0.2, 0.25) is 0 Å². The Hall–Kier alpha value is -3.76. The molecule has 2 aromatic heterocycles. The SMILES string of the molecule is Fc1c(-c2ccc(C(F)(F)c3ccccc3)cc2)ncc2c(N3CC4CCC(C3)N4)nc(OCC34CCCN3CCC4)nc12. The molecule has 228 valence electrons. The van der Waals surface area contributed by atoms with Gasteiger partial charge in [0.1, 0.15) is 23.6 Å². The van der Waals surface area contributed by atoms with E-state index in [0.29, 0.717) is 35.5 Å². The number of ether oxygens (including phenoxy) is 1. The molecule has 6 heterocycles. The number of anilines is 1. The van der Waals surface area contributed by atoms with Gasteiger partial charge in [-0.25, -0.2) is 4.39 Å². The molecule has 4 aromatic rings. The lowest BCUT2D eigenvalue weighted by Gasteiger charge is -2.34. The zero-order chi connectivity index (χ0) is 29.9. The number of pyridine rings is 1. The van der Waals surface area contributed by atoms with Crippen LogP contribution in [0.5, 0.6) is 6.01 Å². The quantitative estimate of drug-likeness (QED) is 0.283. The van der Waals surface area contributed by atoms with E-state index in [2.05, 4.69) is 25.1 Å². The van der Waals surface area contributed by atoms with Crippen molar-refractivity contribution in [2.24, 2.45) is 0 Å². The highest BCUT2D eigenvalue weighted by molar-refractivity contribution is 5.92. The first-order chi connectivity index (χ1) is 21.4. The molecule has 0 amide bonds. The van der Waals surface area contributed by atoms with Crippen molar-refractivity contribution < 1.29 is 17.9 Å². The first-order valence-electron chi connectivity index (χ1n) is 15.7. The van der Waals surface area contributed by atoms with E-state index in [1.54, 1.807) is 24.4 Å². The fraction of sp³-hybridized carbons (Fsp3) is 0.441. The van der Waals surface area contributed by atoms with Crippen LogP contribution in [-0.4, -0.2) is 70.3 Å². The van der Waals surface area contributed by atoms with Crippen LogP contribution in [0.25, 0.3) is 22.2 Å². The molecule has 8 rings (SSSR count). The maximum absolute atomic E-state index is 16.4. The molecule has 0 spiro atoms. The maximum Gasteiger partial charge on any atom is 0.319 e. The Morgan fingerprint density at radius 2 is 1.59 bits per heavy atom. The molecule has 4 fully saturated rings. The molecule has 0 radical (unpaired) electrons. The van der Waals surface area contributed by atoms with Gasteiger partial charge in [0.2, 0.25) is 0 Å². The van der Waals surface area contributed by atoms with Crippen molar-refractivity contribution in [2.75, 3.05) is 37.7 Å². The molecule has 4 aliphatic rings. The number of aromatic nitrogens is 3. The third-order valence-electron chi connectivity index (χ3n) is 10.1. The Bertz CT molecular complexity index is 1660. The summed E-state index contributed by atoms with van der Waals surface area (Å²) in [5, 5.41) is 4.16. The third kappa shape index (κ3) is 4.70. The van der Waals surface area contributed by atoms with Gasteiger partial charge in [-0.15, -0.1) is 0 Å². The summed E-state index contributed by atoms with van der Waals surface area (Å²) in [5.41, 5.74) is 0.309. The second-order valence-electron chi connectivity index (χ2n) is 12.8. The number of hydrogen-bond donors (Lipinski definition) is 1. The number of hydrogen-bond acceptors (Lipinski definition) is 7. The zero-order valence-corrected chi connectivity index (χ0v) is 24.5. The molecule has 2 bridgehead atoms. The number of fused-ring (bicyclic) bond motifs is 4. The monoisotopic (exact) mass is 600 g/mol. The fourth-order valence-corrected chi connectivity index (χ4v) is 7.81. The first kappa shape index (κ1) is 27.8. The van der Waals surface area contributed by atoms with Gasteiger partial charge in [-0.05, 0) is 51.6 Å². The van der Waals surface area contributed by atoms with Crippen molar-refractivity contribution in [3.05, 3.63) is 77.7 Å². The lowest BCUT2D eigenvalue weighted by atomic mass is 9.95. The second-order valence-corrected chi connectivity index (χ2v) is 12.8. The van der Waals surface area contributed by atoms with E-state index in [-0.39, 0.29) is 33.9 Å². The Morgan fingerprint density at radius 3 is 2.30 bits per heavy atom. The minimum Gasteiger partial charge on any atom is -0.461 e. The lowest BCUT2D eigenvalue weighted by molar-refractivity contribution is 0.0428. The predicted molar refractivity (Wildman–Crippen MR) is 163 cm³/mol. The fourth-order valence-electron chi connectivity index (χ4n) is 7.81. The summed E-state index contributed by atoms with van der Waals surface area (Å²) in [4.78, 5) is 18.7. The van der Waals surface area contributed by atoms with Crippen LogP contribution >= 0.6 is 0 Å². The van der Waals surface area contributed by atoms with Crippen molar-refractivity contribution in [1.82, 2.24) is 25.2 Å². The van der Waals surface area contributed by atoms with Crippen LogP contribution in [0.4, 0.5) is 19.0 Å². The highest BCUT2D eigenvalue weighted by Crippen LogP contribution is 2.40. The van der Waals surface area contributed by atoms with Gasteiger partial charge in [-0.2, -0.15) is 18.7 Å². The molecule has 0 aliphatic carbocycles. The number of piperazine rings is 1. The molecule has 44 heavy (non-hydrogen) atoms. The van der Waals surface area contributed by atoms with E-state index >= 15 is 13.2 Å². The predicted octanol–water partition coefficient (Wildman–Crippen LogP) is 5.92. The lowest BCUT2D eigenvalue weighted by Crippen LogP contribution is -2.51. The van der Waals surface area contributed by atoms with E-state index in [9.17, 15) is 0 Å². The van der Waals surface area contributed by atoms with Gasteiger partial charge in [-0.3, -0.25) is 9.88 Å². The Kier molecular flexibility index (Phi) is 6.75. The van der Waals surface area contributed by atoms with E-state index in [4.69, 9.17) is 9.72 Å². The van der Waals surface area contributed by atoms with Crippen molar-refractivity contribution in [1.29, 1.82) is 0 Å². The van der Waals surface area contributed by atoms with Crippen LogP contribution < -0.4 is 15.0 Å². The summed E-state index contributed by atoms with van der Waals surface area (Å²) in [6.45, 7) is 4.16. The minimum absolute atomic E-state index is 0.00185. The summed E-state index contributed by atoms with van der Waals surface area (Å²) >= 11 is 0. The van der Waals surface area contributed by atoms with Gasteiger partial charge in [0, 0.05) is 48.1 Å². The average Bonchev–Trinajstić information content (AvgIpc) is 3.74. The standard InChI is InChI=1S/C34H35F3N6O/c35-28-29(22-8-10-24(11-9-22)34(36,37)23-6-2-1-3-7-23)38-18-27-30(28)40-32(44-21-33-14-4-16-43(33)17-5-15-33)41-31(27)42-19-25-12-13-26(20-42)39-25/h1-3,6-11,18,25-26,39H,4-5,12-17,19-21H2. The van der Waals surface area contributed by atoms with E-state index in [1.165, 1.54) is 36.4 Å². The average molecular weight is 601 g/mol. The Morgan fingerprint density at radius 1 is 0.909 bits per heavy atom. The second kappa shape index (κ2) is 10.7. The molecular formula is C34H35F3N6O. The molecule has 2 aromatic carbocycles. The zero-order valence-electron chi connectivity index (χ0n) is 24.5. The Labute approximate surface area is 254 Å². The summed E-state index contributed by atoms with van der Waals surface area (Å²) in [6.07, 6.45) is 8.27. The summed E-state index contributed by atoms with van der Waals surface area (Å²) < 4.78 is 53.1. The Balaban J connectivity index is 1.16. The molecule has 1 N–H and O–H groups in total. The molecule has 2 atom stereocenters. The molecule has 4 saturated heterocycles. The normalized spacial score (nSPS) is 22.9. The van der Waals surface area contributed by atoms with Crippen molar-refractivity contribution >= 4 is 16.7 Å². The van der Waals surface area contributed by atoms with Crippen molar-refractivity contribution in [3.63, 3.8) is 0 Å². The van der Waals surface area contributed by atoms with E-state index < -0.39 is 11.7 Å². The van der Waals surface area contributed by atoms with Crippen LogP contribution in [0.15, 0.2) is 60.8 Å².